The van der Waals surface area contributed by atoms with Gasteiger partial charge in [0.25, 0.3) is 0 Å². The molecule has 5 aromatic rings. The molecule has 0 spiro atoms. The van der Waals surface area contributed by atoms with Crippen molar-refractivity contribution in [1.82, 2.24) is 9.97 Å². The number of nitrogens with one attached hydrogen (secondary N) is 1. The standard InChI is InChI=1S/C26H18ClFN2O3S/c27-23-15-30-26-24(25(23)34(31,32)21-9-5-2-6-10-21)22(14-29-26)18-11-19(28)13-20(12-18)33-16-17-7-3-1-4-8-17/h1-15H,16H2,(H,29,30). The number of aromatic nitrogens is 2. The van der Waals surface area contributed by atoms with Crippen molar-refractivity contribution in [2.75, 3.05) is 0 Å². The van der Waals surface area contributed by atoms with Gasteiger partial charge in [0.15, 0.2) is 0 Å². The Morgan fingerprint density at radius 3 is 2.41 bits per heavy atom. The Morgan fingerprint density at radius 1 is 0.971 bits per heavy atom. The van der Waals surface area contributed by atoms with Gasteiger partial charge in [-0.25, -0.2) is 17.8 Å². The van der Waals surface area contributed by atoms with Gasteiger partial charge in [-0.3, -0.25) is 0 Å². The lowest BCUT2D eigenvalue weighted by molar-refractivity contribution is 0.305. The number of benzene rings is 3. The summed E-state index contributed by atoms with van der Waals surface area (Å²) in [6.45, 7) is 0.263. The van der Waals surface area contributed by atoms with E-state index in [0.717, 1.165) is 5.56 Å². The number of halogens is 2. The fourth-order valence-electron chi connectivity index (χ4n) is 3.79. The molecular formula is C26H18ClFN2O3S. The summed E-state index contributed by atoms with van der Waals surface area (Å²) >= 11 is 6.38. The van der Waals surface area contributed by atoms with Gasteiger partial charge in [-0.1, -0.05) is 60.1 Å². The van der Waals surface area contributed by atoms with E-state index < -0.39 is 15.7 Å². The number of rotatable bonds is 6. The van der Waals surface area contributed by atoms with Crippen LogP contribution in [0.5, 0.6) is 5.75 Å². The van der Waals surface area contributed by atoms with E-state index in [1.165, 1.54) is 30.5 Å². The molecule has 0 aliphatic carbocycles. The minimum Gasteiger partial charge on any atom is -0.489 e. The van der Waals surface area contributed by atoms with Crippen molar-refractivity contribution in [3.63, 3.8) is 0 Å². The first-order valence-corrected chi connectivity index (χ1v) is 12.2. The summed E-state index contributed by atoms with van der Waals surface area (Å²) in [6.07, 6.45) is 2.88. The lowest BCUT2D eigenvalue weighted by Gasteiger charge is -2.11. The number of sulfone groups is 1. The first kappa shape index (κ1) is 22.1. The van der Waals surface area contributed by atoms with Gasteiger partial charge in [0, 0.05) is 29.4 Å². The Balaban J connectivity index is 1.63. The highest BCUT2D eigenvalue weighted by Crippen LogP contribution is 2.39. The monoisotopic (exact) mass is 492 g/mol. The van der Waals surface area contributed by atoms with Crippen LogP contribution in [0, 0.1) is 5.82 Å². The highest BCUT2D eigenvalue weighted by atomic mass is 35.5. The molecule has 0 unspecified atom stereocenters. The highest BCUT2D eigenvalue weighted by molar-refractivity contribution is 7.91. The molecule has 0 amide bonds. The molecule has 34 heavy (non-hydrogen) atoms. The first-order chi connectivity index (χ1) is 16.4. The van der Waals surface area contributed by atoms with E-state index in [1.54, 1.807) is 30.5 Å². The van der Waals surface area contributed by atoms with Crippen molar-refractivity contribution in [3.05, 3.63) is 108 Å². The Kier molecular flexibility index (Phi) is 5.81. The summed E-state index contributed by atoms with van der Waals surface area (Å²) in [6, 6.07) is 21.8. The average Bonchev–Trinajstić information content (AvgIpc) is 3.27. The van der Waals surface area contributed by atoms with Crippen molar-refractivity contribution < 1.29 is 17.5 Å². The summed E-state index contributed by atoms with van der Waals surface area (Å²) in [5, 5.41) is 0.269. The normalized spacial score (nSPS) is 11.6. The summed E-state index contributed by atoms with van der Waals surface area (Å²) in [7, 11) is -3.98. The van der Waals surface area contributed by atoms with Crippen LogP contribution in [0.25, 0.3) is 22.2 Å². The third-order valence-corrected chi connectivity index (χ3v) is 7.62. The van der Waals surface area contributed by atoms with Crippen molar-refractivity contribution in [2.45, 2.75) is 16.4 Å². The lowest BCUT2D eigenvalue weighted by Crippen LogP contribution is -2.04. The minimum absolute atomic E-state index is 0.0193. The van der Waals surface area contributed by atoms with E-state index in [4.69, 9.17) is 16.3 Å². The zero-order chi connectivity index (χ0) is 23.7. The molecular weight excluding hydrogens is 475 g/mol. The molecule has 0 bridgehead atoms. The second-order valence-corrected chi connectivity index (χ2v) is 9.92. The molecule has 3 aromatic carbocycles. The quantitative estimate of drug-likeness (QED) is 0.296. The van der Waals surface area contributed by atoms with Crippen LogP contribution in [0.4, 0.5) is 4.39 Å². The summed E-state index contributed by atoms with van der Waals surface area (Å²) in [5.74, 6) is -0.201. The molecule has 8 heteroatoms. The van der Waals surface area contributed by atoms with E-state index >= 15 is 0 Å². The van der Waals surface area contributed by atoms with Crippen LogP contribution in [-0.2, 0) is 16.4 Å². The predicted molar refractivity (Wildman–Crippen MR) is 129 cm³/mol. The van der Waals surface area contributed by atoms with Crippen LogP contribution >= 0.6 is 11.6 Å². The fourth-order valence-corrected chi connectivity index (χ4v) is 5.78. The van der Waals surface area contributed by atoms with Crippen molar-refractivity contribution in [2.24, 2.45) is 0 Å². The van der Waals surface area contributed by atoms with Gasteiger partial charge in [0.2, 0.25) is 9.84 Å². The number of aromatic amines is 1. The number of fused-ring (bicyclic) bond motifs is 1. The van der Waals surface area contributed by atoms with Crippen LogP contribution in [0.1, 0.15) is 5.56 Å². The maximum Gasteiger partial charge on any atom is 0.208 e. The van der Waals surface area contributed by atoms with Gasteiger partial charge < -0.3 is 9.72 Å². The van der Waals surface area contributed by atoms with Gasteiger partial charge in [0.1, 0.15) is 28.7 Å². The summed E-state index contributed by atoms with van der Waals surface area (Å²) in [5.41, 5.74) is 2.14. The molecule has 0 atom stereocenters. The molecule has 0 aliphatic rings. The summed E-state index contributed by atoms with van der Waals surface area (Å²) < 4.78 is 47.4. The van der Waals surface area contributed by atoms with Crippen LogP contribution in [-0.4, -0.2) is 18.4 Å². The molecule has 0 saturated heterocycles. The van der Waals surface area contributed by atoms with Gasteiger partial charge in [-0.2, -0.15) is 0 Å². The first-order valence-electron chi connectivity index (χ1n) is 10.4. The second-order valence-electron chi connectivity index (χ2n) is 7.63. The number of nitrogens with zero attached hydrogens (tertiary/aromatic N) is 1. The number of ether oxygens (including phenoxy) is 1. The second kappa shape index (κ2) is 8.93. The van der Waals surface area contributed by atoms with Crippen molar-refractivity contribution in [3.8, 4) is 16.9 Å². The van der Waals surface area contributed by atoms with Gasteiger partial charge in [0.05, 0.1) is 9.92 Å². The molecule has 0 radical (unpaired) electrons. The third-order valence-electron chi connectivity index (χ3n) is 5.36. The van der Waals surface area contributed by atoms with E-state index in [-0.39, 0.29) is 26.8 Å². The van der Waals surface area contributed by atoms with E-state index in [1.807, 2.05) is 30.3 Å². The van der Waals surface area contributed by atoms with Crippen LogP contribution in [0.3, 0.4) is 0 Å². The van der Waals surface area contributed by atoms with Gasteiger partial charge in [-0.15, -0.1) is 0 Å². The molecule has 0 aliphatic heterocycles. The highest BCUT2D eigenvalue weighted by Gasteiger charge is 2.27. The molecule has 0 fully saturated rings. The number of pyridine rings is 1. The molecule has 2 heterocycles. The number of hydrogen-bond donors (Lipinski definition) is 1. The number of hydrogen-bond acceptors (Lipinski definition) is 4. The molecule has 0 saturated carbocycles. The third kappa shape index (κ3) is 4.16. The SMILES string of the molecule is O=S(=O)(c1ccccc1)c1c(Cl)cnc2[nH]cc(-c3cc(F)cc(OCc4ccccc4)c3)c12. The van der Waals surface area contributed by atoms with E-state index in [2.05, 4.69) is 9.97 Å². The molecule has 1 N–H and O–H groups in total. The molecule has 2 aromatic heterocycles. The molecule has 5 rings (SSSR count). The zero-order valence-electron chi connectivity index (χ0n) is 17.7. The van der Waals surface area contributed by atoms with Gasteiger partial charge >= 0.3 is 0 Å². The maximum atomic E-state index is 14.6. The average molecular weight is 493 g/mol. The largest absolute Gasteiger partial charge is 0.489 e. The van der Waals surface area contributed by atoms with E-state index in [9.17, 15) is 12.8 Å². The van der Waals surface area contributed by atoms with Crippen molar-refractivity contribution >= 4 is 32.5 Å². The smallest absolute Gasteiger partial charge is 0.208 e. The Hall–Kier alpha value is -3.68. The number of H-pyrrole nitrogens is 1. The van der Waals surface area contributed by atoms with Crippen LogP contribution in [0.2, 0.25) is 5.02 Å². The fraction of sp³-hybridized carbons (Fsp3) is 0.0385. The summed E-state index contributed by atoms with van der Waals surface area (Å²) in [4.78, 5) is 7.23. The van der Waals surface area contributed by atoms with E-state index in [0.29, 0.717) is 22.5 Å². The minimum atomic E-state index is -3.98. The van der Waals surface area contributed by atoms with Crippen LogP contribution in [0.15, 0.2) is 101 Å². The van der Waals surface area contributed by atoms with Gasteiger partial charge in [-0.05, 0) is 35.4 Å². The Bertz CT molecular complexity index is 1590. The molecule has 170 valence electrons. The zero-order valence-corrected chi connectivity index (χ0v) is 19.3. The Labute approximate surface area is 200 Å². The predicted octanol–water partition coefficient (Wildman–Crippen LogP) is 6.43. The van der Waals surface area contributed by atoms with Crippen molar-refractivity contribution in [1.29, 1.82) is 0 Å². The van der Waals surface area contributed by atoms with Crippen LogP contribution < -0.4 is 4.74 Å². The Morgan fingerprint density at radius 2 is 1.68 bits per heavy atom. The topological polar surface area (TPSA) is 72.0 Å². The molecule has 5 nitrogen and oxygen atoms in total. The maximum absolute atomic E-state index is 14.6. The lowest BCUT2D eigenvalue weighted by atomic mass is 10.1.